The molecule has 0 radical (unpaired) electrons. The highest BCUT2D eigenvalue weighted by molar-refractivity contribution is 5.95. The monoisotopic (exact) mass is 264 g/mol. The average molecular weight is 264 g/mol. The predicted molar refractivity (Wildman–Crippen MR) is 78.0 cm³/mol. The molecule has 20 heavy (non-hydrogen) atoms. The maximum atomic E-state index is 12.4. The number of aldehydes is 1. The first-order valence-electron chi connectivity index (χ1n) is 6.29. The fraction of sp³-hybridized carbons (Fsp3) is 0.0588. The van der Waals surface area contributed by atoms with Crippen molar-refractivity contribution in [1.29, 1.82) is 0 Å². The Morgan fingerprint density at radius 3 is 2.45 bits per heavy atom. The fourth-order valence-corrected chi connectivity index (χ4v) is 2.29. The van der Waals surface area contributed by atoms with Crippen LogP contribution in [-0.4, -0.2) is 6.29 Å². The third-order valence-corrected chi connectivity index (χ3v) is 3.34. The maximum absolute atomic E-state index is 12.4. The van der Waals surface area contributed by atoms with E-state index < -0.39 is 0 Å². The van der Waals surface area contributed by atoms with E-state index in [0.717, 1.165) is 5.56 Å². The SMILES string of the molecule is Cc1c(-c2ccccc2)oc2c(C=O)cccc2c1=O. The normalized spacial score (nSPS) is 10.7. The van der Waals surface area contributed by atoms with Crippen molar-refractivity contribution in [3.8, 4) is 11.3 Å². The van der Waals surface area contributed by atoms with Crippen LogP contribution in [0.3, 0.4) is 0 Å². The highest BCUT2D eigenvalue weighted by Gasteiger charge is 2.14. The van der Waals surface area contributed by atoms with Gasteiger partial charge >= 0.3 is 0 Å². The molecule has 3 heteroatoms. The summed E-state index contributed by atoms with van der Waals surface area (Å²) < 4.78 is 5.85. The number of hydrogen-bond donors (Lipinski definition) is 0. The van der Waals surface area contributed by atoms with Gasteiger partial charge in [-0.2, -0.15) is 0 Å². The van der Waals surface area contributed by atoms with Crippen molar-refractivity contribution >= 4 is 17.3 Å². The van der Waals surface area contributed by atoms with E-state index in [2.05, 4.69) is 0 Å². The summed E-state index contributed by atoms with van der Waals surface area (Å²) in [7, 11) is 0. The molecule has 1 aromatic heterocycles. The van der Waals surface area contributed by atoms with E-state index in [-0.39, 0.29) is 5.43 Å². The molecule has 0 aliphatic carbocycles. The molecule has 98 valence electrons. The van der Waals surface area contributed by atoms with Crippen molar-refractivity contribution in [2.45, 2.75) is 6.92 Å². The molecule has 0 fully saturated rings. The molecule has 0 aliphatic heterocycles. The van der Waals surface area contributed by atoms with E-state index >= 15 is 0 Å². The molecular formula is C17H12O3. The molecule has 0 spiro atoms. The maximum Gasteiger partial charge on any atom is 0.196 e. The van der Waals surface area contributed by atoms with Gasteiger partial charge in [-0.25, -0.2) is 0 Å². The second kappa shape index (κ2) is 4.78. The molecule has 0 aliphatic rings. The lowest BCUT2D eigenvalue weighted by Gasteiger charge is -2.08. The molecule has 0 bridgehead atoms. The standard InChI is InChI=1S/C17H12O3/c1-11-15(19)14-9-5-8-13(10-18)17(14)20-16(11)12-6-3-2-4-7-12/h2-10H,1H3. The highest BCUT2D eigenvalue weighted by atomic mass is 16.3. The third-order valence-electron chi connectivity index (χ3n) is 3.34. The van der Waals surface area contributed by atoms with Crippen LogP contribution in [0.2, 0.25) is 0 Å². The van der Waals surface area contributed by atoms with E-state index in [1.807, 2.05) is 30.3 Å². The minimum atomic E-state index is -0.103. The molecule has 0 saturated carbocycles. The van der Waals surface area contributed by atoms with Crippen molar-refractivity contribution < 1.29 is 9.21 Å². The van der Waals surface area contributed by atoms with Crippen molar-refractivity contribution in [3.63, 3.8) is 0 Å². The Balaban J connectivity index is 2.43. The van der Waals surface area contributed by atoms with Crippen LogP contribution in [0.25, 0.3) is 22.3 Å². The van der Waals surface area contributed by atoms with E-state index in [9.17, 15) is 9.59 Å². The van der Waals surface area contributed by atoms with Crippen LogP contribution in [0, 0.1) is 6.92 Å². The van der Waals surface area contributed by atoms with Crippen LogP contribution in [0.4, 0.5) is 0 Å². The second-order valence-corrected chi connectivity index (χ2v) is 4.59. The van der Waals surface area contributed by atoms with Crippen LogP contribution in [0.5, 0.6) is 0 Å². The molecule has 0 saturated heterocycles. The lowest BCUT2D eigenvalue weighted by Crippen LogP contribution is -2.08. The Labute approximate surface area is 115 Å². The number of fused-ring (bicyclic) bond motifs is 1. The Morgan fingerprint density at radius 1 is 1.00 bits per heavy atom. The van der Waals surface area contributed by atoms with Gasteiger partial charge in [-0.3, -0.25) is 9.59 Å². The van der Waals surface area contributed by atoms with Crippen LogP contribution < -0.4 is 5.43 Å². The minimum Gasteiger partial charge on any atom is -0.455 e. The summed E-state index contributed by atoms with van der Waals surface area (Å²) in [6.45, 7) is 1.74. The first-order chi connectivity index (χ1) is 9.72. The molecule has 0 amide bonds. The fourth-order valence-electron chi connectivity index (χ4n) is 2.29. The first-order valence-corrected chi connectivity index (χ1v) is 6.29. The number of rotatable bonds is 2. The van der Waals surface area contributed by atoms with Crippen LogP contribution in [0.15, 0.2) is 57.7 Å². The van der Waals surface area contributed by atoms with Crippen LogP contribution in [0.1, 0.15) is 15.9 Å². The van der Waals surface area contributed by atoms with Crippen molar-refractivity contribution in [2.24, 2.45) is 0 Å². The van der Waals surface area contributed by atoms with Crippen LogP contribution >= 0.6 is 0 Å². The summed E-state index contributed by atoms with van der Waals surface area (Å²) in [5, 5.41) is 0.437. The van der Waals surface area contributed by atoms with Gasteiger partial charge < -0.3 is 4.42 Å². The molecule has 0 unspecified atom stereocenters. The Hall–Kier alpha value is -2.68. The summed E-state index contributed by atoms with van der Waals surface area (Å²) in [6, 6.07) is 14.4. The molecule has 3 rings (SSSR count). The lowest BCUT2D eigenvalue weighted by molar-refractivity contribution is 0.112. The van der Waals surface area contributed by atoms with Gasteiger partial charge in [0.15, 0.2) is 11.7 Å². The molecule has 0 N–H and O–H groups in total. The van der Waals surface area contributed by atoms with Crippen molar-refractivity contribution in [3.05, 3.63) is 69.9 Å². The summed E-state index contributed by atoms with van der Waals surface area (Å²) >= 11 is 0. The van der Waals surface area contributed by atoms with Gasteiger partial charge in [0.2, 0.25) is 0 Å². The lowest BCUT2D eigenvalue weighted by atomic mass is 10.0. The topological polar surface area (TPSA) is 47.3 Å². The molecule has 3 nitrogen and oxygen atoms in total. The van der Waals surface area contributed by atoms with Crippen molar-refractivity contribution in [1.82, 2.24) is 0 Å². The van der Waals surface area contributed by atoms with E-state index in [4.69, 9.17) is 4.42 Å². The summed E-state index contributed by atoms with van der Waals surface area (Å²) in [5.41, 5.74) is 2.00. The summed E-state index contributed by atoms with van der Waals surface area (Å²) in [4.78, 5) is 23.5. The average Bonchev–Trinajstić information content (AvgIpc) is 2.51. The molecule has 3 aromatic rings. The van der Waals surface area contributed by atoms with Gasteiger partial charge in [0.1, 0.15) is 11.3 Å². The zero-order valence-electron chi connectivity index (χ0n) is 10.9. The van der Waals surface area contributed by atoms with Gasteiger partial charge in [-0.05, 0) is 19.1 Å². The number of para-hydroxylation sites is 1. The van der Waals surface area contributed by atoms with Gasteiger partial charge in [0, 0.05) is 11.1 Å². The van der Waals surface area contributed by atoms with Gasteiger partial charge in [-0.15, -0.1) is 0 Å². The van der Waals surface area contributed by atoms with E-state index in [1.54, 1.807) is 25.1 Å². The third kappa shape index (κ3) is 1.84. The zero-order valence-corrected chi connectivity index (χ0v) is 10.9. The number of carbonyl (C=O) groups excluding carboxylic acids is 1. The Morgan fingerprint density at radius 2 is 1.75 bits per heavy atom. The smallest absolute Gasteiger partial charge is 0.196 e. The van der Waals surface area contributed by atoms with E-state index in [1.165, 1.54) is 0 Å². The molecule has 0 atom stereocenters. The Bertz CT molecular complexity index is 845. The van der Waals surface area contributed by atoms with Crippen molar-refractivity contribution in [2.75, 3.05) is 0 Å². The quantitative estimate of drug-likeness (QED) is 0.665. The number of carbonyl (C=O) groups is 1. The number of benzene rings is 2. The number of hydrogen-bond acceptors (Lipinski definition) is 3. The van der Waals surface area contributed by atoms with Crippen LogP contribution in [-0.2, 0) is 0 Å². The van der Waals surface area contributed by atoms with Gasteiger partial charge in [0.05, 0.1) is 10.9 Å². The highest BCUT2D eigenvalue weighted by Crippen LogP contribution is 2.26. The molecular weight excluding hydrogens is 252 g/mol. The second-order valence-electron chi connectivity index (χ2n) is 4.59. The molecule has 1 heterocycles. The summed E-state index contributed by atoms with van der Waals surface area (Å²) in [6.07, 6.45) is 0.704. The Kier molecular flexibility index (Phi) is 2.95. The predicted octanol–water partition coefficient (Wildman–Crippen LogP) is 3.58. The minimum absolute atomic E-state index is 0.103. The summed E-state index contributed by atoms with van der Waals surface area (Å²) in [5.74, 6) is 0.511. The van der Waals surface area contributed by atoms with Gasteiger partial charge in [-0.1, -0.05) is 36.4 Å². The largest absolute Gasteiger partial charge is 0.455 e. The zero-order chi connectivity index (χ0) is 14.1. The van der Waals surface area contributed by atoms with Gasteiger partial charge in [0.25, 0.3) is 0 Å². The van der Waals surface area contributed by atoms with E-state index in [0.29, 0.717) is 34.1 Å². The molecule has 2 aromatic carbocycles. The first kappa shape index (κ1) is 12.4.